The predicted molar refractivity (Wildman–Crippen MR) is 62.3 cm³/mol. The number of hydrogen-bond acceptors (Lipinski definition) is 6. The second-order valence-electron chi connectivity index (χ2n) is 2.78. The highest BCUT2D eigenvalue weighted by atomic mass is 31.2. The molecule has 6 nitrogen and oxygen atoms in total. The molecule has 0 saturated carbocycles. The Labute approximate surface area is 103 Å². The van der Waals surface area contributed by atoms with E-state index in [-0.39, 0.29) is 25.6 Å². The summed E-state index contributed by atoms with van der Waals surface area (Å²) in [5.74, 6) is -1.02. The van der Waals surface area contributed by atoms with E-state index in [4.69, 9.17) is 14.9 Å². The Morgan fingerprint density at radius 2 is 1.76 bits per heavy atom. The fraction of sp³-hybridized carbons (Fsp3) is 0.700. The van der Waals surface area contributed by atoms with Crippen LogP contribution in [0, 0.1) is 0 Å². The number of carbonyl (C=O) groups is 1. The maximum absolute atomic E-state index is 12.0. The topological polar surface area (TPSA) is 71.1 Å². The summed E-state index contributed by atoms with van der Waals surface area (Å²) in [6.07, 6.45) is 0. The van der Waals surface area contributed by atoms with Crippen LogP contribution < -0.4 is 0 Å². The lowest BCUT2D eigenvalue weighted by Crippen LogP contribution is -2.03. The van der Waals surface area contributed by atoms with Crippen LogP contribution in [0.2, 0.25) is 0 Å². The van der Waals surface area contributed by atoms with Crippen molar-refractivity contribution in [3.05, 3.63) is 11.8 Å². The van der Waals surface area contributed by atoms with Crippen molar-refractivity contribution in [2.45, 2.75) is 27.7 Å². The van der Waals surface area contributed by atoms with Crippen molar-refractivity contribution in [3.8, 4) is 0 Å². The van der Waals surface area contributed by atoms with E-state index in [0.717, 1.165) is 0 Å². The molecule has 0 aliphatic carbocycles. The first-order chi connectivity index (χ1) is 8.40. The second-order valence-corrected chi connectivity index (χ2v) is 4.37. The monoisotopic (exact) mass is 267 g/mol. The number of phosphoric acid groups is 1. The van der Waals surface area contributed by atoms with E-state index < -0.39 is 19.8 Å². The molecule has 0 amide bonds. The molecule has 0 saturated heterocycles. The molecule has 0 fully saturated rings. The highest BCUT2D eigenvalue weighted by Crippen LogP contribution is 2.51. The fourth-order valence-electron chi connectivity index (χ4n) is 0.908. The van der Waals surface area contributed by atoms with Crippen LogP contribution in [0.1, 0.15) is 29.1 Å². The minimum atomic E-state index is -3.77. The van der Waals surface area contributed by atoms with E-state index in [9.17, 15) is 9.36 Å². The quantitative estimate of drug-likeness (QED) is 0.291. The lowest BCUT2D eigenvalue weighted by atomic mass is 10.5. The van der Waals surface area contributed by atoms with Crippen LogP contribution in [0.25, 0.3) is 0 Å². The minimum Gasteiger partial charge on any atom is -0.463 e. The third-order valence-electron chi connectivity index (χ3n) is 1.38. The van der Waals surface area contributed by atoms with Gasteiger partial charge in [-0.1, -0.05) is 0 Å². The van der Waals surface area contributed by atoms with Gasteiger partial charge in [-0.3, -0.25) is 9.05 Å². The first kappa shape index (κ1) is 14.2. The van der Waals surface area contributed by atoms with Crippen LogP contribution >= 0.6 is 7.82 Å². The average molecular weight is 267 g/mol. The molecule has 0 spiro atoms. The summed E-state index contributed by atoms with van der Waals surface area (Å²) in [6, 6.07) is -0.517. The molecular formula is C10H19O6P. The molecule has 0 heterocycles. The van der Waals surface area contributed by atoms with Crippen molar-refractivity contribution in [1.82, 2.24) is 0 Å². The van der Waals surface area contributed by atoms with Gasteiger partial charge in [0, 0.05) is 0 Å². The van der Waals surface area contributed by atoms with Gasteiger partial charge in [-0.05, 0) is 27.7 Å². The molecule has 0 aromatic carbocycles. The molecule has 0 aliphatic heterocycles. The summed E-state index contributed by atoms with van der Waals surface area (Å²) in [6.45, 7) is 6.58. The van der Waals surface area contributed by atoms with Crippen LogP contribution in [0.4, 0.5) is 0 Å². The van der Waals surface area contributed by atoms with E-state index in [1.54, 1.807) is 20.8 Å². The zero-order chi connectivity index (χ0) is 14.2. The number of esters is 1. The molecule has 0 unspecified atom stereocenters. The van der Waals surface area contributed by atoms with Crippen LogP contribution in [0.3, 0.4) is 0 Å². The van der Waals surface area contributed by atoms with Gasteiger partial charge in [0.25, 0.3) is 0 Å². The molecule has 0 atom stereocenters. The van der Waals surface area contributed by atoms with Gasteiger partial charge in [-0.25, -0.2) is 9.36 Å². The molecule has 0 N–H and O–H groups in total. The first-order valence-electron chi connectivity index (χ1n) is 5.83. The van der Waals surface area contributed by atoms with Crippen LogP contribution in [-0.2, 0) is 27.7 Å². The molecule has 17 heavy (non-hydrogen) atoms. The number of allylic oxidation sites excluding steroid dienone is 1. The molecule has 0 aromatic heterocycles. The van der Waals surface area contributed by atoms with Gasteiger partial charge in [0.05, 0.1) is 27.2 Å². The molecule has 0 radical (unpaired) electrons. The molecule has 0 rings (SSSR count). The lowest BCUT2D eigenvalue weighted by molar-refractivity contribution is -0.137. The predicted octanol–water partition coefficient (Wildman–Crippen LogP) is 2.65. The Morgan fingerprint density at radius 3 is 2.18 bits per heavy atom. The molecule has 0 aliphatic rings. The van der Waals surface area contributed by atoms with Crippen molar-refractivity contribution < 1.29 is 29.0 Å². The average Bonchev–Trinajstić information content (AvgIpc) is 2.28. The molecule has 100 valence electrons. The fourth-order valence-corrected chi connectivity index (χ4v) is 2.10. The number of ether oxygens (including phenoxy) is 1. The summed E-state index contributed by atoms with van der Waals surface area (Å²) < 4.78 is 38.8. The van der Waals surface area contributed by atoms with Gasteiger partial charge in [-0.2, -0.15) is 0 Å². The van der Waals surface area contributed by atoms with Crippen molar-refractivity contribution in [3.63, 3.8) is 0 Å². The van der Waals surface area contributed by atoms with E-state index in [1.165, 1.54) is 6.92 Å². The summed E-state index contributed by atoms with van der Waals surface area (Å²) >= 11 is 0. The van der Waals surface area contributed by atoms with E-state index in [2.05, 4.69) is 4.74 Å². The Balaban J connectivity index is 4.87. The third-order valence-corrected chi connectivity index (χ3v) is 3.02. The normalized spacial score (nSPS) is 13.8. The second kappa shape index (κ2) is 8.28. The maximum Gasteiger partial charge on any atom is 0.529 e. The largest absolute Gasteiger partial charge is 0.529 e. The SMILES string of the molecule is [2H]/C(C(=O)OCC)=C(\C)OP(=O)(OCC)OCC. The number of carbonyl (C=O) groups excluding carboxylic acids is 1. The van der Waals surface area contributed by atoms with Crippen LogP contribution in [0.15, 0.2) is 11.8 Å². The zero-order valence-electron chi connectivity index (χ0n) is 11.5. The van der Waals surface area contributed by atoms with Gasteiger partial charge in [-0.15, -0.1) is 0 Å². The zero-order valence-corrected chi connectivity index (χ0v) is 11.4. The molecule has 7 heteroatoms. The summed E-state index contributed by atoms with van der Waals surface area (Å²) in [4.78, 5) is 11.3. The molecule has 0 aromatic rings. The smallest absolute Gasteiger partial charge is 0.463 e. The lowest BCUT2D eigenvalue weighted by Gasteiger charge is -2.17. The standard InChI is InChI=1S/C10H19O6P/c1-5-13-10(11)8-9(4)16-17(12,14-6-2)15-7-3/h8H,5-7H2,1-4H3/b9-8-/i8D. The van der Waals surface area contributed by atoms with Gasteiger partial charge in [0.1, 0.15) is 5.76 Å². The number of hydrogen-bond donors (Lipinski definition) is 0. The highest BCUT2D eigenvalue weighted by molar-refractivity contribution is 7.48. The summed E-state index contributed by atoms with van der Waals surface area (Å²) in [7, 11) is -3.77. The summed E-state index contributed by atoms with van der Waals surface area (Å²) in [5.41, 5.74) is 0. The third kappa shape index (κ3) is 7.15. The van der Waals surface area contributed by atoms with Gasteiger partial charge < -0.3 is 9.26 Å². The van der Waals surface area contributed by atoms with E-state index >= 15 is 0 Å². The minimum absolute atomic E-state index is 0.122. The number of phosphoric ester groups is 1. The van der Waals surface area contributed by atoms with Crippen molar-refractivity contribution in [2.24, 2.45) is 0 Å². The molecular weight excluding hydrogens is 247 g/mol. The Hall–Kier alpha value is -0.840. The van der Waals surface area contributed by atoms with E-state index in [0.29, 0.717) is 0 Å². The maximum atomic E-state index is 12.0. The van der Waals surface area contributed by atoms with Crippen LogP contribution in [0.5, 0.6) is 0 Å². The van der Waals surface area contributed by atoms with Crippen molar-refractivity contribution in [1.29, 1.82) is 0 Å². The summed E-state index contributed by atoms with van der Waals surface area (Å²) in [5, 5.41) is 0. The molecule has 0 bridgehead atoms. The van der Waals surface area contributed by atoms with Gasteiger partial charge >= 0.3 is 13.8 Å². The van der Waals surface area contributed by atoms with E-state index in [1.807, 2.05) is 0 Å². The Morgan fingerprint density at radius 1 is 1.24 bits per heavy atom. The number of rotatable bonds is 8. The van der Waals surface area contributed by atoms with Crippen LogP contribution in [-0.4, -0.2) is 25.8 Å². The van der Waals surface area contributed by atoms with Crippen molar-refractivity contribution in [2.75, 3.05) is 19.8 Å². The highest BCUT2D eigenvalue weighted by Gasteiger charge is 2.27. The van der Waals surface area contributed by atoms with Gasteiger partial charge in [0.2, 0.25) is 0 Å². The Bertz CT molecular complexity index is 344. The van der Waals surface area contributed by atoms with Crippen molar-refractivity contribution >= 4 is 13.8 Å². The first-order valence-corrected chi connectivity index (χ1v) is 6.79. The van der Waals surface area contributed by atoms with Gasteiger partial charge in [0.15, 0.2) is 0 Å². The Kier molecular flexibility index (Phi) is 6.93.